The lowest BCUT2D eigenvalue weighted by Crippen LogP contribution is -2.15. The van der Waals surface area contributed by atoms with Gasteiger partial charge in [-0.15, -0.1) is 0 Å². The Bertz CT molecular complexity index is 806. The highest BCUT2D eigenvalue weighted by Gasteiger charge is 2.19. The van der Waals surface area contributed by atoms with Crippen LogP contribution in [0.25, 0.3) is 0 Å². The molecule has 0 radical (unpaired) electrons. The molecule has 0 fully saturated rings. The second kappa shape index (κ2) is 5.80. The van der Waals surface area contributed by atoms with Crippen LogP contribution in [0.1, 0.15) is 0 Å². The molecule has 1 heterocycles. The van der Waals surface area contributed by atoms with E-state index in [-0.39, 0.29) is 11.8 Å². The maximum atomic E-state index is 14.3. The highest BCUT2D eigenvalue weighted by molar-refractivity contribution is 5.78. The Morgan fingerprint density at radius 1 is 0.870 bits per heavy atom. The number of benzene rings is 2. The number of anilines is 6. The summed E-state index contributed by atoms with van der Waals surface area (Å²) < 4.78 is 14.3. The van der Waals surface area contributed by atoms with Gasteiger partial charge >= 0.3 is 0 Å². The van der Waals surface area contributed by atoms with Crippen LogP contribution < -0.4 is 22.1 Å². The summed E-state index contributed by atoms with van der Waals surface area (Å²) in [6.45, 7) is 0. The van der Waals surface area contributed by atoms with Gasteiger partial charge in [-0.25, -0.2) is 9.37 Å². The molecule has 23 heavy (non-hydrogen) atoms. The molecule has 7 heteroatoms. The molecule has 0 bridgehead atoms. The van der Waals surface area contributed by atoms with Gasteiger partial charge < -0.3 is 17.2 Å². The summed E-state index contributed by atoms with van der Waals surface area (Å²) in [4.78, 5) is 9.26. The molecule has 116 valence electrons. The summed E-state index contributed by atoms with van der Waals surface area (Å²) in [5, 5.41) is 0. The van der Waals surface area contributed by atoms with Gasteiger partial charge in [0.2, 0.25) is 5.95 Å². The summed E-state index contributed by atoms with van der Waals surface area (Å²) in [6.07, 6.45) is 1.03. The minimum Gasteiger partial charge on any atom is -0.399 e. The molecule has 0 spiro atoms. The summed E-state index contributed by atoms with van der Waals surface area (Å²) in [5.74, 6) is -0.614. The van der Waals surface area contributed by atoms with Crippen LogP contribution in [0.2, 0.25) is 0 Å². The van der Waals surface area contributed by atoms with Gasteiger partial charge in [-0.1, -0.05) is 12.1 Å². The Balaban J connectivity index is 2.23. The number of rotatable bonds is 3. The molecule has 0 aliphatic heterocycles. The minimum atomic E-state index is -0.607. The van der Waals surface area contributed by atoms with E-state index in [1.807, 2.05) is 0 Å². The summed E-state index contributed by atoms with van der Waals surface area (Å²) >= 11 is 0. The van der Waals surface area contributed by atoms with Crippen molar-refractivity contribution in [1.82, 2.24) is 9.97 Å². The second-order valence-corrected chi connectivity index (χ2v) is 4.93. The van der Waals surface area contributed by atoms with Crippen molar-refractivity contribution in [2.75, 3.05) is 22.1 Å². The van der Waals surface area contributed by atoms with Gasteiger partial charge in [0.25, 0.3) is 0 Å². The second-order valence-electron chi connectivity index (χ2n) is 4.93. The number of hydrogen-bond donors (Lipinski definition) is 3. The zero-order valence-electron chi connectivity index (χ0n) is 12.1. The molecular weight excluding hydrogens is 295 g/mol. The predicted octanol–water partition coefficient (Wildman–Crippen LogP) is 2.83. The van der Waals surface area contributed by atoms with E-state index in [9.17, 15) is 4.39 Å². The van der Waals surface area contributed by atoms with E-state index in [0.29, 0.717) is 22.7 Å². The van der Waals surface area contributed by atoms with Crippen LogP contribution in [-0.2, 0) is 0 Å². The quantitative estimate of drug-likeness (QED) is 0.642. The molecule has 0 aliphatic carbocycles. The number of nitrogen functional groups attached to an aromatic ring is 3. The zero-order valence-corrected chi connectivity index (χ0v) is 12.1. The van der Waals surface area contributed by atoms with Crippen LogP contribution in [0.15, 0.2) is 54.7 Å². The van der Waals surface area contributed by atoms with Crippen molar-refractivity contribution in [2.45, 2.75) is 0 Å². The van der Waals surface area contributed by atoms with E-state index < -0.39 is 5.82 Å². The van der Waals surface area contributed by atoms with Crippen LogP contribution in [-0.4, -0.2) is 9.97 Å². The Hall–Kier alpha value is -3.35. The first kappa shape index (κ1) is 14.6. The van der Waals surface area contributed by atoms with Crippen molar-refractivity contribution < 1.29 is 4.39 Å². The monoisotopic (exact) mass is 310 g/mol. The fraction of sp³-hybridized carbons (Fsp3) is 0. The van der Waals surface area contributed by atoms with Crippen LogP contribution >= 0.6 is 0 Å². The average molecular weight is 310 g/mol. The third-order valence-electron chi connectivity index (χ3n) is 3.21. The van der Waals surface area contributed by atoms with Gasteiger partial charge in [-0.3, -0.25) is 4.90 Å². The predicted molar refractivity (Wildman–Crippen MR) is 89.9 cm³/mol. The lowest BCUT2D eigenvalue weighted by molar-refractivity contribution is 0.616. The smallest absolute Gasteiger partial charge is 0.222 e. The molecule has 3 aromatic rings. The van der Waals surface area contributed by atoms with Gasteiger partial charge in [-0.05, 0) is 36.4 Å². The first-order valence-corrected chi connectivity index (χ1v) is 6.84. The maximum absolute atomic E-state index is 14.3. The van der Waals surface area contributed by atoms with E-state index >= 15 is 0 Å². The van der Waals surface area contributed by atoms with Crippen molar-refractivity contribution in [1.29, 1.82) is 0 Å². The number of hydrogen-bond acceptors (Lipinski definition) is 6. The number of aromatic nitrogens is 2. The lowest BCUT2D eigenvalue weighted by Gasteiger charge is -2.25. The highest BCUT2D eigenvalue weighted by Crippen LogP contribution is 2.36. The van der Waals surface area contributed by atoms with Crippen LogP contribution in [0, 0.1) is 5.82 Å². The first-order chi connectivity index (χ1) is 11.0. The van der Waals surface area contributed by atoms with Crippen molar-refractivity contribution in [3.05, 3.63) is 60.5 Å². The van der Waals surface area contributed by atoms with E-state index in [2.05, 4.69) is 9.97 Å². The van der Waals surface area contributed by atoms with Gasteiger partial charge in [0.05, 0.1) is 6.20 Å². The third kappa shape index (κ3) is 2.98. The highest BCUT2D eigenvalue weighted by atomic mass is 19.1. The van der Waals surface area contributed by atoms with E-state index in [1.165, 1.54) is 0 Å². The van der Waals surface area contributed by atoms with Crippen LogP contribution in [0.4, 0.5) is 38.9 Å². The molecule has 6 N–H and O–H groups in total. The number of halogens is 1. The minimum absolute atomic E-state index is 0.0219. The molecule has 1 aromatic heterocycles. The molecule has 0 saturated carbocycles. The maximum Gasteiger partial charge on any atom is 0.222 e. The molecule has 0 amide bonds. The van der Waals surface area contributed by atoms with E-state index in [0.717, 1.165) is 6.20 Å². The lowest BCUT2D eigenvalue weighted by atomic mass is 10.2. The number of nitrogens with zero attached hydrogens (tertiary/aromatic N) is 3. The van der Waals surface area contributed by atoms with Crippen molar-refractivity contribution in [3.63, 3.8) is 0 Å². The SMILES string of the molecule is Nc1cccc(N(c2cccc(N)c2)c2nc(N)ncc2F)c1. The fourth-order valence-corrected chi connectivity index (χ4v) is 2.25. The normalized spacial score (nSPS) is 10.5. The Morgan fingerprint density at radius 3 is 1.96 bits per heavy atom. The van der Waals surface area contributed by atoms with Crippen LogP contribution in [0.3, 0.4) is 0 Å². The Kier molecular flexibility index (Phi) is 3.68. The largest absolute Gasteiger partial charge is 0.399 e. The molecule has 0 saturated heterocycles. The van der Waals surface area contributed by atoms with Gasteiger partial charge in [-0.2, -0.15) is 4.98 Å². The Morgan fingerprint density at radius 2 is 1.43 bits per heavy atom. The zero-order chi connectivity index (χ0) is 16.4. The summed E-state index contributed by atoms with van der Waals surface area (Å²) in [5.41, 5.74) is 19.7. The van der Waals surface area contributed by atoms with E-state index in [1.54, 1.807) is 53.4 Å². The first-order valence-electron chi connectivity index (χ1n) is 6.84. The molecule has 0 atom stereocenters. The molecular formula is C16H15FN6. The van der Waals surface area contributed by atoms with Crippen molar-refractivity contribution in [2.24, 2.45) is 0 Å². The molecule has 0 unspecified atom stereocenters. The van der Waals surface area contributed by atoms with Crippen LogP contribution in [0.5, 0.6) is 0 Å². The van der Waals surface area contributed by atoms with E-state index in [4.69, 9.17) is 17.2 Å². The van der Waals surface area contributed by atoms with Crippen molar-refractivity contribution >= 4 is 34.5 Å². The molecule has 2 aromatic carbocycles. The van der Waals surface area contributed by atoms with Gasteiger partial charge in [0.1, 0.15) is 0 Å². The Labute approximate surface area is 132 Å². The van der Waals surface area contributed by atoms with Gasteiger partial charge in [0.15, 0.2) is 11.6 Å². The topological polar surface area (TPSA) is 107 Å². The van der Waals surface area contributed by atoms with Crippen molar-refractivity contribution in [3.8, 4) is 0 Å². The molecule has 6 nitrogen and oxygen atoms in total. The van der Waals surface area contributed by atoms with Gasteiger partial charge in [0, 0.05) is 22.7 Å². The summed E-state index contributed by atoms with van der Waals surface area (Å²) in [7, 11) is 0. The fourth-order valence-electron chi connectivity index (χ4n) is 2.25. The average Bonchev–Trinajstić information content (AvgIpc) is 2.51. The summed E-state index contributed by atoms with van der Waals surface area (Å²) in [6, 6.07) is 14.0. The standard InChI is InChI=1S/C16H15FN6/c17-14-9-21-16(20)22-15(14)23(12-5-1-3-10(18)7-12)13-6-2-4-11(19)8-13/h1-9H,18-19H2,(H2,20,21,22). The number of nitrogens with two attached hydrogens (primary N) is 3. The molecule has 0 aliphatic rings. The third-order valence-corrected chi connectivity index (χ3v) is 3.21. The molecule has 3 rings (SSSR count).